The average Bonchev–Trinajstić information content (AvgIpc) is 2.38. The van der Waals surface area contributed by atoms with Crippen molar-refractivity contribution in [3.05, 3.63) is 35.4 Å². The predicted molar refractivity (Wildman–Crippen MR) is 72.5 cm³/mol. The quantitative estimate of drug-likeness (QED) is 0.571. The number of rotatable bonds is 6. The fourth-order valence-electron chi connectivity index (χ4n) is 1.60. The van der Waals surface area contributed by atoms with E-state index in [-0.39, 0.29) is 5.97 Å². The molecule has 0 radical (unpaired) electrons. The maximum absolute atomic E-state index is 11.7. The largest absolute Gasteiger partial charge is 0.493 e. The highest BCUT2D eigenvalue weighted by Gasteiger charge is 2.09. The number of ether oxygens (including phenoxy) is 2. The molecule has 0 amide bonds. The van der Waals surface area contributed by atoms with Crippen molar-refractivity contribution < 1.29 is 14.3 Å². The fourth-order valence-corrected chi connectivity index (χ4v) is 1.60. The highest BCUT2D eigenvalue weighted by atomic mass is 16.5. The molecule has 1 aromatic rings. The van der Waals surface area contributed by atoms with Crippen LogP contribution in [0.1, 0.15) is 32.8 Å². The molecule has 1 rings (SSSR count). The minimum Gasteiger partial charge on any atom is -0.493 e. The van der Waals surface area contributed by atoms with Gasteiger partial charge in [0.25, 0.3) is 0 Å². The minimum absolute atomic E-state index is 0.258. The van der Waals surface area contributed by atoms with Crippen molar-refractivity contribution in [2.45, 2.75) is 27.2 Å². The van der Waals surface area contributed by atoms with Gasteiger partial charge in [-0.2, -0.15) is 0 Å². The Kier molecular flexibility index (Phi) is 5.98. The molecule has 0 aliphatic rings. The highest BCUT2D eigenvalue weighted by Crippen LogP contribution is 2.22. The third-order valence-corrected chi connectivity index (χ3v) is 2.47. The van der Waals surface area contributed by atoms with Gasteiger partial charge in [0.05, 0.1) is 13.2 Å². The third kappa shape index (κ3) is 3.91. The second-order valence-electron chi connectivity index (χ2n) is 3.71. The summed E-state index contributed by atoms with van der Waals surface area (Å²) in [5, 5.41) is 0. The van der Waals surface area contributed by atoms with Crippen molar-refractivity contribution in [3.8, 4) is 5.75 Å². The van der Waals surface area contributed by atoms with Crippen molar-refractivity contribution in [2.24, 2.45) is 0 Å². The molecule has 0 fully saturated rings. The highest BCUT2D eigenvalue weighted by molar-refractivity contribution is 5.94. The molecule has 0 bridgehead atoms. The maximum Gasteiger partial charge on any atom is 0.333 e. The van der Waals surface area contributed by atoms with Crippen LogP contribution in [0.4, 0.5) is 0 Å². The molecule has 3 nitrogen and oxygen atoms in total. The van der Waals surface area contributed by atoms with Gasteiger partial charge in [-0.1, -0.05) is 25.1 Å². The van der Waals surface area contributed by atoms with Crippen molar-refractivity contribution in [2.75, 3.05) is 13.2 Å². The Bertz CT molecular complexity index is 422. The number of carbonyl (C=O) groups is 1. The molecule has 0 atom stereocenters. The van der Waals surface area contributed by atoms with Crippen LogP contribution in [0.2, 0.25) is 0 Å². The molecule has 0 spiro atoms. The van der Waals surface area contributed by atoms with E-state index in [0.717, 1.165) is 11.3 Å². The Balaban J connectivity index is 3.01. The molecule has 0 heterocycles. The van der Waals surface area contributed by atoms with Gasteiger partial charge in [-0.15, -0.1) is 0 Å². The normalized spacial score (nSPS) is 11.2. The summed E-state index contributed by atoms with van der Waals surface area (Å²) in [6.07, 6.45) is 2.47. The van der Waals surface area contributed by atoms with Gasteiger partial charge >= 0.3 is 5.97 Å². The molecule has 0 aliphatic carbocycles. The SMILES string of the molecule is CCOC(=O)C(=Cc1ccccc1OCC)CC. The van der Waals surface area contributed by atoms with Crippen LogP contribution in [0.15, 0.2) is 29.8 Å². The van der Waals surface area contributed by atoms with Gasteiger partial charge in [0.15, 0.2) is 0 Å². The number of hydrogen-bond acceptors (Lipinski definition) is 3. The van der Waals surface area contributed by atoms with Gasteiger partial charge in [-0.05, 0) is 32.4 Å². The van der Waals surface area contributed by atoms with Crippen molar-refractivity contribution in [1.29, 1.82) is 0 Å². The maximum atomic E-state index is 11.7. The van der Waals surface area contributed by atoms with Gasteiger partial charge in [0.1, 0.15) is 5.75 Å². The monoisotopic (exact) mass is 248 g/mol. The minimum atomic E-state index is -0.258. The molecule has 18 heavy (non-hydrogen) atoms. The van der Waals surface area contributed by atoms with E-state index in [0.29, 0.717) is 25.2 Å². The van der Waals surface area contributed by atoms with E-state index in [1.54, 1.807) is 6.92 Å². The van der Waals surface area contributed by atoms with Gasteiger partial charge in [0, 0.05) is 11.1 Å². The zero-order chi connectivity index (χ0) is 13.4. The molecule has 0 saturated heterocycles. The lowest BCUT2D eigenvalue weighted by Crippen LogP contribution is -2.07. The molecule has 98 valence electrons. The van der Waals surface area contributed by atoms with Crippen LogP contribution < -0.4 is 4.74 Å². The van der Waals surface area contributed by atoms with Crippen molar-refractivity contribution >= 4 is 12.0 Å². The summed E-state index contributed by atoms with van der Waals surface area (Å²) in [5.74, 6) is 0.529. The molecule has 0 unspecified atom stereocenters. The van der Waals surface area contributed by atoms with Gasteiger partial charge in [-0.3, -0.25) is 0 Å². The lowest BCUT2D eigenvalue weighted by molar-refractivity contribution is -0.138. The third-order valence-electron chi connectivity index (χ3n) is 2.47. The molecule has 0 aromatic heterocycles. The summed E-state index contributed by atoms with van der Waals surface area (Å²) in [5.41, 5.74) is 1.56. The standard InChI is InChI=1S/C15H20O3/c1-4-12(15(16)18-6-3)11-13-9-7-8-10-14(13)17-5-2/h7-11H,4-6H2,1-3H3. The summed E-state index contributed by atoms with van der Waals surface area (Å²) >= 11 is 0. The summed E-state index contributed by atoms with van der Waals surface area (Å²) in [6.45, 7) is 6.67. The average molecular weight is 248 g/mol. The Morgan fingerprint density at radius 3 is 2.50 bits per heavy atom. The fraction of sp³-hybridized carbons (Fsp3) is 0.400. The lowest BCUT2D eigenvalue weighted by Gasteiger charge is -2.09. The van der Waals surface area contributed by atoms with E-state index < -0.39 is 0 Å². The van der Waals surface area contributed by atoms with E-state index in [9.17, 15) is 4.79 Å². The smallest absolute Gasteiger partial charge is 0.333 e. The lowest BCUT2D eigenvalue weighted by atomic mass is 10.1. The van der Waals surface area contributed by atoms with Gasteiger partial charge in [-0.25, -0.2) is 4.79 Å². The van der Waals surface area contributed by atoms with Crippen molar-refractivity contribution in [3.63, 3.8) is 0 Å². The first-order chi connectivity index (χ1) is 8.72. The van der Waals surface area contributed by atoms with E-state index in [1.165, 1.54) is 0 Å². The first kappa shape index (κ1) is 14.3. The Morgan fingerprint density at radius 1 is 1.17 bits per heavy atom. The number of carbonyl (C=O) groups excluding carboxylic acids is 1. The second kappa shape index (κ2) is 7.54. The Morgan fingerprint density at radius 2 is 1.89 bits per heavy atom. The molecular weight excluding hydrogens is 228 g/mol. The van der Waals surface area contributed by atoms with E-state index >= 15 is 0 Å². The van der Waals surface area contributed by atoms with Crippen LogP contribution in [0.25, 0.3) is 6.08 Å². The van der Waals surface area contributed by atoms with Gasteiger partial charge < -0.3 is 9.47 Å². The molecule has 0 saturated carbocycles. The van der Waals surface area contributed by atoms with Crippen LogP contribution in [0, 0.1) is 0 Å². The first-order valence-electron chi connectivity index (χ1n) is 6.32. The summed E-state index contributed by atoms with van der Waals surface area (Å²) in [6, 6.07) is 7.67. The Labute approximate surface area is 108 Å². The number of esters is 1. The molecular formula is C15H20O3. The number of benzene rings is 1. The molecule has 3 heteroatoms. The van der Waals surface area contributed by atoms with Crippen molar-refractivity contribution in [1.82, 2.24) is 0 Å². The van der Waals surface area contributed by atoms with Crippen LogP contribution in [-0.4, -0.2) is 19.2 Å². The van der Waals surface area contributed by atoms with Crippen LogP contribution in [0.3, 0.4) is 0 Å². The predicted octanol–water partition coefficient (Wildman–Crippen LogP) is 3.44. The summed E-state index contributed by atoms with van der Waals surface area (Å²) in [4.78, 5) is 11.7. The topological polar surface area (TPSA) is 35.5 Å². The van der Waals surface area contributed by atoms with E-state index in [4.69, 9.17) is 9.47 Å². The second-order valence-corrected chi connectivity index (χ2v) is 3.71. The van der Waals surface area contributed by atoms with Crippen LogP contribution >= 0.6 is 0 Å². The van der Waals surface area contributed by atoms with Crippen LogP contribution in [-0.2, 0) is 9.53 Å². The van der Waals surface area contributed by atoms with E-state index in [2.05, 4.69) is 0 Å². The number of para-hydroxylation sites is 1. The zero-order valence-electron chi connectivity index (χ0n) is 11.2. The molecule has 1 aromatic carbocycles. The first-order valence-corrected chi connectivity index (χ1v) is 6.32. The molecule has 0 aliphatic heterocycles. The molecule has 0 N–H and O–H groups in total. The van der Waals surface area contributed by atoms with Gasteiger partial charge in [0.2, 0.25) is 0 Å². The van der Waals surface area contributed by atoms with E-state index in [1.807, 2.05) is 44.2 Å². The summed E-state index contributed by atoms with van der Waals surface area (Å²) in [7, 11) is 0. The zero-order valence-corrected chi connectivity index (χ0v) is 11.2. The Hall–Kier alpha value is -1.77. The number of hydrogen-bond donors (Lipinski definition) is 0. The van der Waals surface area contributed by atoms with Crippen LogP contribution in [0.5, 0.6) is 5.75 Å². The summed E-state index contributed by atoms with van der Waals surface area (Å²) < 4.78 is 10.5.